The summed E-state index contributed by atoms with van der Waals surface area (Å²) in [6.07, 6.45) is 0.554. The molecule has 25 heavy (non-hydrogen) atoms. The van der Waals surface area contributed by atoms with Crippen LogP contribution in [0.3, 0.4) is 0 Å². The van der Waals surface area contributed by atoms with Crippen molar-refractivity contribution in [1.29, 1.82) is 0 Å². The summed E-state index contributed by atoms with van der Waals surface area (Å²) in [5.41, 5.74) is 0.442. The third-order valence-corrected chi connectivity index (χ3v) is 4.64. The number of carbonyl (C=O) groups excluding carboxylic acids is 4. The van der Waals surface area contributed by atoms with E-state index in [2.05, 4.69) is 10.6 Å². The van der Waals surface area contributed by atoms with Gasteiger partial charge in [-0.15, -0.1) is 11.3 Å². The van der Waals surface area contributed by atoms with Crippen molar-refractivity contribution >= 4 is 34.8 Å². The molecule has 1 aliphatic heterocycles. The molecule has 0 radical (unpaired) electrons. The zero-order valence-corrected chi connectivity index (χ0v) is 15.9. The predicted octanol–water partition coefficient (Wildman–Crippen LogP) is 1.83. The third-order valence-electron chi connectivity index (χ3n) is 3.75. The highest BCUT2D eigenvalue weighted by Crippen LogP contribution is 2.28. The molecule has 0 aromatic carbocycles. The number of piperidine rings is 1. The zero-order valence-electron chi connectivity index (χ0n) is 15.1. The molecule has 1 aliphatic rings. The summed E-state index contributed by atoms with van der Waals surface area (Å²) in [6.45, 7) is 7.20. The highest BCUT2D eigenvalue weighted by atomic mass is 32.1. The maximum atomic E-state index is 12.2. The molecule has 8 heteroatoms. The normalized spacial score (nSPS) is 16.6. The number of nitrogens with one attached hydrogen (secondary N) is 2. The summed E-state index contributed by atoms with van der Waals surface area (Å²) in [6, 6.07) is -0.672. The average Bonchev–Trinajstić information content (AvgIpc) is 2.91. The Bertz CT molecular complexity index is 666. The van der Waals surface area contributed by atoms with Crippen molar-refractivity contribution < 1.29 is 23.9 Å². The second-order valence-electron chi connectivity index (χ2n) is 5.98. The van der Waals surface area contributed by atoms with E-state index in [9.17, 15) is 19.2 Å². The average molecular weight is 368 g/mol. The lowest BCUT2D eigenvalue weighted by atomic mass is 10.1. The first-order valence-electron chi connectivity index (χ1n) is 7.94. The van der Waals surface area contributed by atoms with Gasteiger partial charge in [0.1, 0.15) is 17.6 Å². The minimum atomic E-state index is -0.672. The second kappa shape index (κ2) is 9.31. The molecule has 2 heterocycles. The van der Waals surface area contributed by atoms with E-state index in [-0.39, 0.29) is 29.9 Å². The van der Waals surface area contributed by atoms with Gasteiger partial charge in [0.25, 0.3) is 5.91 Å². The van der Waals surface area contributed by atoms with Crippen LogP contribution >= 0.6 is 11.3 Å². The van der Waals surface area contributed by atoms with Gasteiger partial charge in [-0.25, -0.2) is 0 Å². The lowest BCUT2D eigenvalue weighted by Crippen LogP contribution is -2.52. The number of thiophene rings is 1. The van der Waals surface area contributed by atoms with Gasteiger partial charge < -0.3 is 10.1 Å². The van der Waals surface area contributed by atoms with Crippen LogP contribution < -0.4 is 15.4 Å². The van der Waals surface area contributed by atoms with Gasteiger partial charge in [0.15, 0.2) is 0 Å². The summed E-state index contributed by atoms with van der Waals surface area (Å²) in [5, 5.41) is 6.58. The Hall–Kier alpha value is -2.22. The van der Waals surface area contributed by atoms with E-state index >= 15 is 0 Å². The van der Waals surface area contributed by atoms with Gasteiger partial charge >= 0.3 is 0 Å². The van der Waals surface area contributed by atoms with Crippen LogP contribution in [0.5, 0.6) is 5.75 Å². The van der Waals surface area contributed by atoms with Crippen molar-refractivity contribution in [2.45, 2.75) is 46.6 Å². The number of carbonyl (C=O) groups is 4. The zero-order chi connectivity index (χ0) is 19.1. The van der Waals surface area contributed by atoms with Crippen LogP contribution in [0.25, 0.3) is 0 Å². The Morgan fingerprint density at radius 2 is 1.96 bits per heavy atom. The maximum absolute atomic E-state index is 12.2. The molecule has 1 unspecified atom stereocenters. The monoisotopic (exact) mass is 368 g/mol. The summed E-state index contributed by atoms with van der Waals surface area (Å²) < 4.78 is 5.12. The maximum Gasteiger partial charge on any atom is 0.256 e. The molecule has 1 aromatic heterocycles. The minimum absolute atomic E-state index is 0.213. The van der Waals surface area contributed by atoms with Crippen molar-refractivity contribution in [1.82, 2.24) is 10.6 Å². The number of methoxy groups -OCH3 is 1. The molecule has 1 aromatic rings. The molecule has 1 saturated heterocycles. The van der Waals surface area contributed by atoms with Crippen molar-refractivity contribution in [2.24, 2.45) is 5.92 Å². The quantitative estimate of drug-likeness (QED) is 0.790. The minimum Gasteiger partial charge on any atom is -0.495 e. The molecule has 3 amide bonds. The number of ketones is 1. The first-order valence-corrected chi connectivity index (χ1v) is 8.82. The Morgan fingerprint density at radius 1 is 1.36 bits per heavy atom. The van der Waals surface area contributed by atoms with E-state index in [1.807, 2.05) is 20.8 Å². The van der Waals surface area contributed by atoms with Crippen LogP contribution in [0.15, 0.2) is 5.38 Å². The molecule has 0 bridgehead atoms. The van der Waals surface area contributed by atoms with Crippen LogP contribution in [-0.4, -0.2) is 36.7 Å². The third kappa shape index (κ3) is 5.97. The van der Waals surface area contributed by atoms with Gasteiger partial charge in [-0.3, -0.25) is 24.5 Å². The van der Waals surface area contributed by atoms with Gasteiger partial charge in [-0.2, -0.15) is 0 Å². The number of aryl methyl sites for hydroxylation is 1. The van der Waals surface area contributed by atoms with E-state index in [1.165, 1.54) is 18.4 Å². The van der Waals surface area contributed by atoms with Crippen LogP contribution in [0.2, 0.25) is 0 Å². The van der Waals surface area contributed by atoms with Gasteiger partial charge in [0.2, 0.25) is 11.8 Å². The van der Waals surface area contributed by atoms with E-state index in [1.54, 1.807) is 12.3 Å². The summed E-state index contributed by atoms with van der Waals surface area (Å²) in [4.78, 5) is 45.7. The Balaban J connectivity index is 0.000000450. The Kier molecular flexibility index (Phi) is 7.76. The molecular weight excluding hydrogens is 344 g/mol. The molecule has 0 saturated carbocycles. The lowest BCUT2D eigenvalue weighted by Gasteiger charge is -2.21. The largest absolute Gasteiger partial charge is 0.495 e. The van der Waals surface area contributed by atoms with Crippen LogP contribution in [0.4, 0.5) is 0 Å². The van der Waals surface area contributed by atoms with Crippen LogP contribution in [0, 0.1) is 12.8 Å². The van der Waals surface area contributed by atoms with Crippen molar-refractivity contribution in [2.75, 3.05) is 7.11 Å². The summed E-state index contributed by atoms with van der Waals surface area (Å²) in [7, 11) is 1.49. The van der Waals surface area contributed by atoms with Gasteiger partial charge in [0.05, 0.1) is 12.7 Å². The molecule has 2 rings (SSSR count). The number of hydrogen-bond donors (Lipinski definition) is 2. The summed E-state index contributed by atoms with van der Waals surface area (Å²) in [5.74, 6) is -0.159. The molecule has 138 valence electrons. The molecule has 7 nitrogen and oxygen atoms in total. The second-order valence-corrected chi connectivity index (χ2v) is 7.06. The molecule has 2 N–H and O–H groups in total. The van der Waals surface area contributed by atoms with E-state index < -0.39 is 11.9 Å². The smallest absolute Gasteiger partial charge is 0.256 e. The molecule has 1 atom stereocenters. The standard InChI is InChI=1S/C12H14N2O4S.C5H10O/c1-6-10(8(18-2)5-19-6)12(17)13-7-3-4-9(15)14-11(7)16;1-4(2)5(3)6/h5,7H,3-4H2,1-2H3,(H,13,17)(H,14,15,16);4H,1-3H3. The highest BCUT2D eigenvalue weighted by Gasteiger charge is 2.29. The lowest BCUT2D eigenvalue weighted by molar-refractivity contribution is -0.134. The van der Waals surface area contributed by atoms with Crippen LogP contribution in [-0.2, 0) is 14.4 Å². The van der Waals surface area contributed by atoms with Crippen molar-refractivity contribution in [3.8, 4) is 5.75 Å². The number of hydrogen-bond acceptors (Lipinski definition) is 6. The van der Waals surface area contributed by atoms with Gasteiger partial charge in [0, 0.05) is 22.6 Å². The Labute approximate surface area is 151 Å². The van der Waals surface area contributed by atoms with E-state index in [0.29, 0.717) is 17.7 Å². The SMILES string of the molecule is CC(=O)C(C)C.COc1csc(C)c1C(=O)NC1CCC(=O)NC1=O. The fourth-order valence-electron chi connectivity index (χ4n) is 1.92. The topological polar surface area (TPSA) is 102 Å². The highest BCUT2D eigenvalue weighted by molar-refractivity contribution is 7.10. The van der Waals surface area contributed by atoms with E-state index in [0.717, 1.165) is 4.88 Å². The molecular formula is C17H24N2O5S. The molecule has 0 spiro atoms. The van der Waals surface area contributed by atoms with Crippen molar-refractivity contribution in [3.05, 3.63) is 15.8 Å². The number of Topliss-reactive ketones (excluding diaryl/α,β-unsaturated/α-hetero) is 1. The summed E-state index contributed by atoms with van der Waals surface area (Å²) >= 11 is 1.41. The van der Waals surface area contributed by atoms with Crippen molar-refractivity contribution in [3.63, 3.8) is 0 Å². The molecule has 1 fully saturated rings. The number of ether oxygens (including phenoxy) is 1. The van der Waals surface area contributed by atoms with Gasteiger partial charge in [-0.05, 0) is 20.3 Å². The predicted molar refractivity (Wildman–Crippen MR) is 94.8 cm³/mol. The number of amides is 3. The first-order chi connectivity index (χ1) is 11.7. The number of imide groups is 1. The first kappa shape index (κ1) is 20.8. The Morgan fingerprint density at radius 3 is 2.44 bits per heavy atom. The molecule has 0 aliphatic carbocycles. The number of rotatable bonds is 4. The van der Waals surface area contributed by atoms with Gasteiger partial charge in [-0.1, -0.05) is 13.8 Å². The fraction of sp³-hybridized carbons (Fsp3) is 0.529. The van der Waals surface area contributed by atoms with Crippen LogP contribution in [0.1, 0.15) is 48.8 Å². The fourth-order valence-corrected chi connectivity index (χ4v) is 2.73. The van der Waals surface area contributed by atoms with E-state index in [4.69, 9.17) is 4.74 Å².